The first-order valence-electron chi connectivity index (χ1n) is 8.80. The fourth-order valence-corrected chi connectivity index (χ4v) is 3.74. The number of fused-ring (bicyclic) bond motifs is 1. The van der Waals surface area contributed by atoms with E-state index in [0.29, 0.717) is 18.0 Å². The third-order valence-electron chi connectivity index (χ3n) is 4.97. The lowest BCUT2D eigenvalue weighted by atomic mass is 10.1. The molecule has 1 aromatic carbocycles. The summed E-state index contributed by atoms with van der Waals surface area (Å²) in [5.74, 6) is 1.21. The fourth-order valence-electron chi connectivity index (χ4n) is 3.58. The summed E-state index contributed by atoms with van der Waals surface area (Å²) in [5, 5.41) is 5.58. The van der Waals surface area contributed by atoms with Gasteiger partial charge < -0.3 is 15.2 Å². The maximum absolute atomic E-state index is 11.8. The molecule has 2 N–H and O–H groups in total. The van der Waals surface area contributed by atoms with Crippen molar-refractivity contribution in [2.75, 3.05) is 18.8 Å². The van der Waals surface area contributed by atoms with Crippen LogP contribution in [-0.4, -0.2) is 43.6 Å². The van der Waals surface area contributed by atoms with Crippen LogP contribution in [-0.2, 0) is 4.79 Å². The lowest BCUT2D eigenvalue weighted by molar-refractivity contribution is -0.130. The normalized spacial score (nSPS) is 17.3. The Bertz CT molecular complexity index is 987. The Kier molecular flexibility index (Phi) is 4.66. The number of nitrogens with zero attached hydrogens (tertiary/aromatic N) is 5. The molecule has 0 bridgehead atoms. The second-order valence-corrected chi connectivity index (χ2v) is 6.89. The van der Waals surface area contributed by atoms with Gasteiger partial charge in [-0.25, -0.2) is 14.6 Å². The van der Waals surface area contributed by atoms with Crippen LogP contribution in [0.1, 0.15) is 25.8 Å². The fraction of sp³-hybridized carbons (Fsp3) is 0.333. The van der Waals surface area contributed by atoms with Crippen LogP contribution in [0.15, 0.2) is 30.6 Å². The highest BCUT2D eigenvalue weighted by Gasteiger charge is 2.27. The van der Waals surface area contributed by atoms with Crippen molar-refractivity contribution in [3.05, 3.63) is 30.6 Å². The Morgan fingerprint density at radius 2 is 2.07 bits per heavy atom. The van der Waals surface area contributed by atoms with Gasteiger partial charge in [0.25, 0.3) is 0 Å². The summed E-state index contributed by atoms with van der Waals surface area (Å²) < 4.78 is 7.06. The molecule has 0 aliphatic carbocycles. The zero-order chi connectivity index (χ0) is 19.0. The van der Waals surface area contributed by atoms with Crippen molar-refractivity contribution >= 4 is 32.2 Å². The van der Waals surface area contributed by atoms with Crippen molar-refractivity contribution in [1.29, 1.82) is 0 Å². The van der Waals surface area contributed by atoms with Crippen LogP contribution < -0.4 is 10.3 Å². The van der Waals surface area contributed by atoms with E-state index < -0.39 is 0 Å². The molecule has 2 aromatic heterocycles. The first-order chi connectivity index (χ1) is 13.1. The molecule has 1 saturated heterocycles. The largest absolute Gasteiger partial charge is 0.480 e. The summed E-state index contributed by atoms with van der Waals surface area (Å²) >= 11 is 0. The van der Waals surface area contributed by atoms with Gasteiger partial charge in [-0.3, -0.25) is 4.79 Å². The predicted molar refractivity (Wildman–Crippen MR) is 106 cm³/mol. The minimum atomic E-state index is 0.0582. The van der Waals surface area contributed by atoms with E-state index in [-0.39, 0.29) is 11.9 Å². The van der Waals surface area contributed by atoms with Gasteiger partial charge in [0.2, 0.25) is 5.91 Å². The van der Waals surface area contributed by atoms with E-state index in [1.807, 2.05) is 33.8 Å². The van der Waals surface area contributed by atoms with E-state index in [4.69, 9.17) is 15.4 Å². The minimum Gasteiger partial charge on any atom is -0.480 e. The smallest absolute Gasteiger partial charge is 0.219 e. The average Bonchev–Trinajstić information content (AvgIpc) is 3.09. The molecule has 1 aliphatic rings. The van der Waals surface area contributed by atoms with Crippen molar-refractivity contribution in [1.82, 2.24) is 24.6 Å². The van der Waals surface area contributed by atoms with Crippen LogP contribution in [0.4, 0.5) is 5.82 Å². The number of likely N-dealkylation sites (tertiary alicyclic amines) is 1. The first kappa shape index (κ1) is 17.7. The number of piperidine rings is 1. The average molecular weight is 384 g/mol. The molecule has 3 aromatic rings. The second-order valence-electron chi connectivity index (χ2n) is 6.65. The van der Waals surface area contributed by atoms with Gasteiger partial charge in [0.1, 0.15) is 23.6 Å². The maximum Gasteiger partial charge on any atom is 0.219 e. The number of hydrogen-bond acceptors (Lipinski definition) is 6. The van der Waals surface area contributed by atoms with Crippen molar-refractivity contribution < 1.29 is 9.32 Å². The third kappa shape index (κ3) is 3.21. The molecule has 140 valence electrons. The number of aromatic nitrogens is 4. The molecule has 9 heteroatoms. The van der Waals surface area contributed by atoms with E-state index in [0.717, 1.165) is 41.8 Å². The second kappa shape index (κ2) is 7.12. The van der Waals surface area contributed by atoms with Crippen LogP contribution in [0.5, 0.6) is 5.75 Å². The van der Waals surface area contributed by atoms with Crippen LogP contribution >= 0.6 is 9.47 Å². The monoisotopic (exact) mass is 384 g/mol. The van der Waals surface area contributed by atoms with E-state index in [9.17, 15) is 4.79 Å². The molecule has 2 atom stereocenters. The van der Waals surface area contributed by atoms with Crippen molar-refractivity contribution in [2.24, 2.45) is 0 Å². The van der Waals surface area contributed by atoms with Gasteiger partial charge in [0.05, 0.1) is 20.9 Å². The Morgan fingerprint density at radius 1 is 1.30 bits per heavy atom. The van der Waals surface area contributed by atoms with Crippen molar-refractivity contribution in [3.63, 3.8) is 0 Å². The number of hydrogen-bond donors (Lipinski definition) is 1. The van der Waals surface area contributed by atoms with E-state index in [2.05, 4.69) is 19.4 Å². The zero-order valence-electron chi connectivity index (χ0n) is 15.0. The highest BCUT2D eigenvalue weighted by atomic mass is 31.0. The Morgan fingerprint density at radius 3 is 2.78 bits per heavy atom. The number of amides is 1. The molecular formula is C18H21N6O2P. The van der Waals surface area contributed by atoms with E-state index in [1.54, 1.807) is 6.92 Å². The van der Waals surface area contributed by atoms with Crippen molar-refractivity contribution in [3.8, 4) is 17.0 Å². The standard InChI is InChI=1S/C18H21N6O2P/c1-11(25)23-8-2-3-13(9-23)24-18-15(17(19)20-10-21-18)16(22-24)12-4-6-14(26-27)7-5-12/h4-7,10,13H,2-3,8-9,27H2,1H3,(H2,19,20,21)/t13-/m1/s1. The molecule has 3 heterocycles. The summed E-state index contributed by atoms with van der Waals surface area (Å²) in [6, 6.07) is 7.65. The third-order valence-corrected chi connectivity index (χ3v) is 5.24. The van der Waals surface area contributed by atoms with Gasteiger partial charge in [0, 0.05) is 25.6 Å². The topological polar surface area (TPSA) is 99.2 Å². The molecule has 27 heavy (non-hydrogen) atoms. The summed E-state index contributed by atoms with van der Waals surface area (Å²) in [4.78, 5) is 22.3. The number of nitrogens with two attached hydrogens (primary N) is 1. The van der Waals surface area contributed by atoms with Gasteiger partial charge in [-0.15, -0.1) is 0 Å². The Balaban J connectivity index is 1.82. The quantitative estimate of drug-likeness (QED) is 0.697. The summed E-state index contributed by atoms with van der Waals surface area (Å²) in [6.45, 7) is 3.01. The van der Waals surface area contributed by atoms with E-state index in [1.165, 1.54) is 6.33 Å². The summed E-state index contributed by atoms with van der Waals surface area (Å²) in [6.07, 6.45) is 3.32. The van der Waals surface area contributed by atoms with Crippen molar-refractivity contribution in [2.45, 2.75) is 25.8 Å². The number of carbonyl (C=O) groups is 1. The van der Waals surface area contributed by atoms with Gasteiger partial charge in [-0.05, 0) is 37.1 Å². The number of carbonyl (C=O) groups excluding carboxylic acids is 1. The number of anilines is 1. The summed E-state index contributed by atoms with van der Waals surface area (Å²) in [7, 11) is 2.23. The lowest BCUT2D eigenvalue weighted by Crippen LogP contribution is -2.39. The van der Waals surface area contributed by atoms with Crippen LogP contribution in [0, 0.1) is 0 Å². The molecule has 1 aliphatic heterocycles. The van der Waals surface area contributed by atoms with Gasteiger partial charge >= 0.3 is 0 Å². The SMILES string of the molecule is CC(=O)N1CCC[C@@H](n2nc(-c3ccc(OP)cc3)c3c(N)ncnc32)C1. The van der Waals surface area contributed by atoms with Gasteiger partial charge in [-0.1, -0.05) is 0 Å². The molecule has 0 radical (unpaired) electrons. The molecule has 1 amide bonds. The highest BCUT2D eigenvalue weighted by Crippen LogP contribution is 2.34. The first-order valence-corrected chi connectivity index (χ1v) is 9.27. The highest BCUT2D eigenvalue weighted by molar-refractivity contribution is 7.10. The minimum absolute atomic E-state index is 0.0582. The Labute approximate surface area is 159 Å². The summed E-state index contributed by atoms with van der Waals surface area (Å²) in [5.41, 5.74) is 8.51. The molecule has 0 spiro atoms. The molecular weight excluding hydrogens is 363 g/mol. The van der Waals surface area contributed by atoms with Gasteiger partial charge in [0.15, 0.2) is 5.65 Å². The Hall–Kier alpha value is -2.73. The predicted octanol–water partition coefficient (Wildman–Crippen LogP) is 2.43. The van der Waals surface area contributed by atoms with Gasteiger partial charge in [-0.2, -0.15) is 5.10 Å². The number of rotatable bonds is 3. The number of nitrogen functional groups attached to an aromatic ring is 1. The van der Waals surface area contributed by atoms with Crippen LogP contribution in [0.25, 0.3) is 22.3 Å². The van der Waals surface area contributed by atoms with Crippen LogP contribution in [0.2, 0.25) is 0 Å². The molecule has 1 fully saturated rings. The molecule has 8 nitrogen and oxygen atoms in total. The molecule has 1 unspecified atom stereocenters. The lowest BCUT2D eigenvalue weighted by Gasteiger charge is -2.32. The molecule has 0 saturated carbocycles. The zero-order valence-corrected chi connectivity index (χ0v) is 16.2. The molecule has 4 rings (SSSR count). The number of benzene rings is 1. The van der Waals surface area contributed by atoms with Crippen LogP contribution in [0.3, 0.4) is 0 Å². The van der Waals surface area contributed by atoms with E-state index >= 15 is 0 Å². The maximum atomic E-state index is 11.8.